The van der Waals surface area contributed by atoms with E-state index in [1.54, 1.807) is 23.9 Å². The number of amides is 2. The van der Waals surface area contributed by atoms with Crippen molar-refractivity contribution in [1.29, 1.82) is 0 Å². The van der Waals surface area contributed by atoms with Crippen LogP contribution in [0.1, 0.15) is 60.8 Å². The molecule has 0 radical (unpaired) electrons. The average molecular weight is 689 g/mol. The minimum Gasteiger partial charge on any atom is -0.366 e. The lowest BCUT2D eigenvalue weighted by Gasteiger charge is -2.32. The van der Waals surface area contributed by atoms with Crippen LogP contribution in [0.2, 0.25) is 0 Å². The van der Waals surface area contributed by atoms with Gasteiger partial charge in [0.25, 0.3) is 5.91 Å². The summed E-state index contributed by atoms with van der Waals surface area (Å²) in [5.74, 6) is 0.724. The Bertz CT molecular complexity index is 1640. The fraction of sp³-hybridized carbons (Fsp3) is 0.474. The van der Waals surface area contributed by atoms with E-state index in [4.69, 9.17) is 9.72 Å². The lowest BCUT2D eigenvalue weighted by molar-refractivity contribution is -0.129. The molecule has 1 atom stereocenters. The molecule has 2 aromatic carbocycles. The average Bonchev–Trinajstić information content (AvgIpc) is 3.78. The molecule has 2 aliphatic heterocycles. The normalized spacial score (nSPS) is 16.9. The van der Waals surface area contributed by atoms with Crippen LogP contribution in [0.15, 0.2) is 71.4 Å². The molecule has 2 fully saturated rings. The molecule has 1 aromatic heterocycles. The molecule has 3 heterocycles. The van der Waals surface area contributed by atoms with Crippen LogP contribution >= 0.6 is 11.8 Å². The molecule has 3 aromatic rings. The van der Waals surface area contributed by atoms with E-state index >= 15 is 0 Å². The first-order valence-electron chi connectivity index (χ1n) is 17.4. The van der Waals surface area contributed by atoms with Gasteiger partial charge in [0, 0.05) is 36.9 Å². The van der Waals surface area contributed by atoms with E-state index in [1.165, 1.54) is 6.07 Å². The Hall–Kier alpha value is -3.80. The van der Waals surface area contributed by atoms with Crippen molar-refractivity contribution in [2.45, 2.75) is 64.0 Å². The number of rotatable bonds is 16. The zero-order chi connectivity index (χ0) is 34.6. The molecule has 1 N–H and O–H groups in total. The van der Waals surface area contributed by atoms with Crippen molar-refractivity contribution < 1.29 is 18.7 Å². The Labute approximate surface area is 293 Å². The number of carbonyl (C=O) groups excluding carboxylic acids is 2. The summed E-state index contributed by atoms with van der Waals surface area (Å²) in [4.78, 5) is 39.1. The summed E-state index contributed by atoms with van der Waals surface area (Å²) in [5, 5.41) is 2.80. The quantitative estimate of drug-likeness (QED) is 0.109. The van der Waals surface area contributed by atoms with Gasteiger partial charge in [-0.25, -0.2) is 9.37 Å². The van der Waals surface area contributed by atoms with Crippen LogP contribution in [-0.4, -0.2) is 88.9 Å². The van der Waals surface area contributed by atoms with Gasteiger partial charge in [0.2, 0.25) is 5.91 Å². The Kier molecular flexibility index (Phi) is 13.6. The van der Waals surface area contributed by atoms with Gasteiger partial charge in [-0.3, -0.25) is 19.5 Å². The van der Waals surface area contributed by atoms with Crippen molar-refractivity contribution in [2.24, 2.45) is 10.9 Å². The van der Waals surface area contributed by atoms with Gasteiger partial charge in [0.1, 0.15) is 17.1 Å². The molecular weight excluding hydrogens is 640 g/mol. The number of nitrogens with zero attached hydrogens (tertiary/aromatic N) is 5. The molecule has 262 valence electrons. The molecule has 2 amide bonds. The highest BCUT2D eigenvalue weighted by Gasteiger charge is 2.25. The van der Waals surface area contributed by atoms with Crippen LogP contribution in [0.5, 0.6) is 0 Å². The summed E-state index contributed by atoms with van der Waals surface area (Å²) in [6, 6.07) is 12.4. The number of hydrogen-bond donors (Lipinski definition) is 1. The van der Waals surface area contributed by atoms with Crippen LogP contribution in [-0.2, 0) is 29.0 Å². The van der Waals surface area contributed by atoms with Crippen molar-refractivity contribution in [3.05, 3.63) is 89.2 Å². The summed E-state index contributed by atoms with van der Waals surface area (Å²) in [7, 11) is 0. The van der Waals surface area contributed by atoms with Crippen LogP contribution in [0, 0.1) is 11.7 Å². The molecule has 2 saturated heterocycles. The number of fused-ring (bicyclic) bond motifs is 1. The van der Waals surface area contributed by atoms with Gasteiger partial charge in [-0.05, 0) is 100 Å². The minimum absolute atomic E-state index is 0.00107. The topological polar surface area (TPSA) is 92.1 Å². The highest BCUT2D eigenvalue weighted by molar-refractivity contribution is 7.99. The predicted octanol–water partition coefficient (Wildman–Crippen LogP) is 6.24. The maximum Gasteiger partial charge on any atom is 0.251 e. The van der Waals surface area contributed by atoms with Crippen LogP contribution in [0.3, 0.4) is 0 Å². The van der Waals surface area contributed by atoms with Gasteiger partial charge >= 0.3 is 0 Å². The Morgan fingerprint density at radius 2 is 1.94 bits per heavy atom. The Balaban J connectivity index is 1.25. The van der Waals surface area contributed by atoms with Gasteiger partial charge in [0.15, 0.2) is 0 Å². The van der Waals surface area contributed by atoms with E-state index in [2.05, 4.69) is 39.7 Å². The lowest BCUT2D eigenvalue weighted by Crippen LogP contribution is -2.38. The number of aromatic nitrogens is 2. The SMILES string of the molecule is C=N/C(=C\C=C/Cc1ccccc1F)C1CCN(Cc2nc3cc(C(=O)NCC(=O)N4CCCC4)ccc3n2CC(OCCC)SC)CC1. The summed E-state index contributed by atoms with van der Waals surface area (Å²) in [6.45, 7) is 11.2. The fourth-order valence-electron chi connectivity index (χ4n) is 6.51. The van der Waals surface area contributed by atoms with Gasteiger partial charge in [-0.2, -0.15) is 0 Å². The smallest absolute Gasteiger partial charge is 0.251 e. The summed E-state index contributed by atoms with van der Waals surface area (Å²) in [6.07, 6.45) is 13.4. The molecule has 2 aliphatic rings. The molecule has 0 aliphatic carbocycles. The number of ether oxygens (including phenoxy) is 1. The lowest BCUT2D eigenvalue weighted by atomic mass is 9.93. The first kappa shape index (κ1) is 36.5. The summed E-state index contributed by atoms with van der Waals surface area (Å²) >= 11 is 1.68. The highest BCUT2D eigenvalue weighted by Crippen LogP contribution is 2.28. The number of piperidine rings is 1. The van der Waals surface area contributed by atoms with Crippen molar-refractivity contribution in [2.75, 3.05) is 45.6 Å². The van der Waals surface area contributed by atoms with Gasteiger partial charge < -0.3 is 19.5 Å². The van der Waals surface area contributed by atoms with Gasteiger partial charge in [-0.1, -0.05) is 37.3 Å². The second kappa shape index (κ2) is 18.3. The second-order valence-electron chi connectivity index (χ2n) is 12.7. The molecule has 5 rings (SSSR count). The monoisotopic (exact) mass is 688 g/mol. The minimum atomic E-state index is -0.275. The first-order chi connectivity index (χ1) is 23.9. The van der Waals surface area contributed by atoms with Crippen molar-refractivity contribution in [3.8, 4) is 0 Å². The zero-order valence-electron chi connectivity index (χ0n) is 28.8. The Morgan fingerprint density at radius 1 is 1.16 bits per heavy atom. The van der Waals surface area contributed by atoms with E-state index in [9.17, 15) is 14.0 Å². The van der Waals surface area contributed by atoms with Gasteiger partial charge in [0.05, 0.1) is 30.7 Å². The van der Waals surface area contributed by atoms with E-state index < -0.39 is 0 Å². The maximum atomic E-state index is 14.0. The highest BCUT2D eigenvalue weighted by atomic mass is 32.2. The number of carbonyl (C=O) groups is 2. The third-order valence-corrected chi connectivity index (χ3v) is 10.1. The zero-order valence-corrected chi connectivity index (χ0v) is 29.6. The van der Waals surface area contributed by atoms with E-state index in [0.717, 1.165) is 80.8 Å². The number of likely N-dealkylation sites (tertiary alicyclic amines) is 2. The van der Waals surface area contributed by atoms with Crippen LogP contribution in [0.4, 0.5) is 4.39 Å². The standard InChI is InChI=1S/C38H49FN6O3S/c1-4-23-48-37(49-3)27-45-34-16-15-30(38(47)41-25-36(46)44-19-9-10-20-44)24-33(34)42-35(45)26-43-21-17-29(18-22-43)32(40-2)14-8-6-12-28-11-5-7-13-31(28)39/h5-8,11,13-16,24,29,37H,2,4,9-10,12,17-23,25-27H2,1,3H3,(H,41,47)/b8-6-,32-14-. The Morgan fingerprint density at radius 3 is 2.65 bits per heavy atom. The molecule has 9 nitrogen and oxygen atoms in total. The third-order valence-electron chi connectivity index (χ3n) is 9.30. The number of nitrogens with one attached hydrogen (secondary N) is 1. The number of thioether (sulfide) groups is 1. The third kappa shape index (κ3) is 9.89. The molecule has 0 bridgehead atoms. The summed E-state index contributed by atoms with van der Waals surface area (Å²) in [5.41, 5.74) is 3.80. The molecule has 0 spiro atoms. The number of aliphatic imine (C=N–C) groups is 1. The molecule has 1 unspecified atom stereocenters. The number of benzene rings is 2. The first-order valence-corrected chi connectivity index (χ1v) is 18.7. The second-order valence-corrected chi connectivity index (χ2v) is 13.7. The number of halogens is 1. The fourth-order valence-corrected chi connectivity index (χ4v) is 7.04. The van der Waals surface area contributed by atoms with Crippen molar-refractivity contribution in [3.63, 3.8) is 0 Å². The van der Waals surface area contributed by atoms with E-state index in [-0.39, 0.29) is 29.6 Å². The maximum absolute atomic E-state index is 14.0. The van der Waals surface area contributed by atoms with Gasteiger partial charge in [-0.15, -0.1) is 11.8 Å². The molecule has 0 saturated carbocycles. The van der Waals surface area contributed by atoms with Crippen LogP contribution < -0.4 is 5.32 Å². The largest absolute Gasteiger partial charge is 0.366 e. The van der Waals surface area contributed by atoms with Crippen LogP contribution in [0.25, 0.3) is 11.0 Å². The number of imidazole rings is 1. The van der Waals surface area contributed by atoms with Crippen molar-refractivity contribution >= 4 is 41.3 Å². The molecule has 49 heavy (non-hydrogen) atoms. The van der Waals surface area contributed by atoms with E-state index in [0.29, 0.717) is 43.2 Å². The van der Waals surface area contributed by atoms with Crippen molar-refractivity contribution in [1.82, 2.24) is 24.7 Å². The number of allylic oxidation sites excluding steroid dienone is 4. The molecular formula is C38H49FN6O3S. The molecule has 11 heteroatoms. The summed E-state index contributed by atoms with van der Waals surface area (Å²) < 4.78 is 22.3. The predicted molar refractivity (Wildman–Crippen MR) is 196 cm³/mol. The number of hydrogen-bond acceptors (Lipinski definition) is 7. The van der Waals surface area contributed by atoms with E-state index in [1.807, 2.05) is 47.4 Å².